The van der Waals surface area contributed by atoms with E-state index in [2.05, 4.69) is 48.4 Å². The van der Waals surface area contributed by atoms with Crippen LogP contribution in [0.2, 0.25) is 0 Å². The fourth-order valence-electron chi connectivity index (χ4n) is 3.04. The van der Waals surface area contributed by atoms with Crippen molar-refractivity contribution in [1.29, 1.82) is 0 Å². The van der Waals surface area contributed by atoms with Gasteiger partial charge in [0, 0.05) is 24.5 Å². The number of aryl methyl sites for hydroxylation is 3. The number of imidazole rings is 1. The van der Waals surface area contributed by atoms with Gasteiger partial charge in [-0.15, -0.1) is 0 Å². The van der Waals surface area contributed by atoms with E-state index in [1.165, 1.54) is 22.3 Å². The molecule has 1 N–H and O–H groups in total. The predicted octanol–water partition coefficient (Wildman–Crippen LogP) is 3.61. The van der Waals surface area contributed by atoms with Crippen LogP contribution >= 0.6 is 0 Å². The zero-order valence-electron chi connectivity index (χ0n) is 13.9. The Balaban J connectivity index is 2.66. The Bertz CT molecular complexity index is 717. The molecule has 22 heavy (non-hydrogen) atoms. The Morgan fingerprint density at radius 2 is 1.82 bits per heavy atom. The average molecular weight is 296 g/mol. The zero-order chi connectivity index (χ0) is 16.1. The number of rotatable bonds is 5. The summed E-state index contributed by atoms with van der Waals surface area (Å²) in [6, 6.07) is 2.25. The maximum Gasteiger partial charge on any atom is 0.113 e. The lowest BCUT2D eigenvalue weighted by Gasteiger charge is -2.19. The fraction of sp³-hybridized carbons (Fsp3) is 0.421. The first-order chi connectivity index (χ1) is 10.7. The quantitative estimate of drug-likeness (QED) is 0.856. The fourth-order valence-corrected chi connectivity index (χ4v) is 3.04. The molecular weight excluding hydrogens is 272 g/mol. The summed E-state index contributed by atoms with van der Waals surface area (Å²) in [6.07, 6.45) is 8.78. The molecule has 1 aromatic heterocycles. The summed E-state index contributed by atoms with van der Waals surface area (Å²) in [5.41, 5.74) is 6.16. The number of hydrogen-bond donors (Lipinski definition) is 1. The highest BCUT2D eigenvalue weighted by atomic mass is 16.2. The first kappa shape index (κ1) is 16.2. The molecule has 116 valence electrons. The first-order valence-electron chi connectivity index (χ1n) is 7.95. The van der Waals surface area contributed by atoms with Crippen molar-refractivity contribution in [2.75, 3.05) is 0 Å². The third-order valence-corrected chi connectivity index (χ3v) is 4.27. The van der Waals surface area contributed by atoms with Gasteiger partial charge in [-0.1, -0.05) is 26.8 Å². The number of aliphatic hydroxyl groups is 1. The molecule has 0 fully saturated rings. The molecule has 0 saturated carbocycles. The summed E-state index contributed by atoms with van der Waals surface area (Å²) in [4.78, 5) is 4.31. The van der Waals surface area contributed by atoms with Gasteiger partial charge in [-0.05, 0) is 54.4 Å². The SMILES string of the molecule is CCc1cc(CC)c(Cn2ccnc2C)c(CC)c1C#CO. The van der Waals surface area contributed by atoms with Crippen LogP contribution in [0, 0.1) is 19.0 Å². The summed E-state index contributed by atoms with van der Waals surface area (Å²) in [5, 5.41) is 9.10. The molecule has 3 nitrogen and oxygen atoms in total. The second kappa shape index (κ2) is 7.17. The molecule has 0 radical (unpaired) electrons. The summed E-state index contributed by atoms with van der Waals surface area (Å²) in [7, 11) is 0. The van der Waals surface area contributed by atoms with Crippen molar-refractivity contribution in [3.8, 4) is 12.0 Å². The summed E-state index contributed by atoms with van der Waals surface area (Å²) >= 11 is 0. The predicted molar refractivity (Wildman–Crippen MR) is 89.5 cm³/mol. The van der Waals surface area contributed by atoms with E-state index in [9.17, 15) is 0 Å². The maximum atomic E-state index is 9.10. The van der Waals surface area contributed by atoms with Crippen LogP contribution in [0.4, 0.5) is 0 Å². The van der Waals surface area contributed by atoms with Crippen LogP contribution in [0.25, 0.3) is 0 Å². The molecule has 3 heteroatoms. The molecule has 0 spiro atoms. The van der Waals surface area contributed by atoms with Crippen LogP contribution in [0.15, 0.2) is 18.5 Å². The standard InChI is InChI=1S/C19H24N2O/c1-5-15-12-16(6-2)19(13-21-10-9-20-14(21)4)17(7-3)18(15)8-11-22/h9-10,12,22H,5-7,13H2,1-4H3. The number of benzene rings is 1. The summed E-state index contributed by atoms with van der Waals surface area (Å²) < 4.78 is 2.16. The van der Waals surface area contributed by atoms with Crippen molar-refractivity contribution in [3.05, 3.63) is 52.1 Å². The van der Waals surface area contributed by atoms with Gasteiger partial charge < -0.3 is 9.67 Å². The molecule has 0 aliphatic heterocycles. The molecule has 0 aliphatic rings. The Morgan fingerprint density at radius 3 is 2.32 bits per heavy atom. The van der Waals surface area contributed by atoms with Crippen LogP contribution in [-0.4, -0.2) is 14.7 Å². The van der Waals surface area contributed by atoms with E-state index in [1.54, 1.807) is 0 Å². The van der Waals surface area contributed by atoms with E-state index >= 15 is 0 Å². The van der Waals surface area contributed by atoms with Gasteiger partial charge >= 0.3 is 0 Å². The van der Waals surface area contributed by atoms with Crippen LogP contribution in [0.5, 0.6) is 0 Å². The van der Waals surface area contributed by atoms with Crippen molar-refractivity contribution in [1.82, 2.24) is 9.55 Å². The van der Waals surface area contributed by atoms with E-state index in [1.807, 2.05) is 19.3 Å². The topological polar surface area (TPSA) is 38.0 Å². The van der Waals surface area contributed by atoms with Crippen molar-refractivity contribution in [2.24, 2.45) is 0 Å². The molecule has 1 aromatic carbocycles. The molecule has 1 heterocycles. The molecule has 0 bridgehead atoms. The molecule has 0 atom stereocenters. The van der Waals surface area contributed by atoms with Crippen molar-refractivity contribution in [3.63, 3.8) is 0 Å². The number of nitrogens with zero attached hydrogens (tertiary/aromatic N) is 2. The first-order valence-corrected chi connectivity index (χ1v) is 7.95. The van der Waals surface area contributed by atoms with Crippen molar-refractivity contribution >= 4 is 0 Å². The Morgan fingerprint density at radius 1 is 1.09 bits per heavy atom. The van der Waals surface area contributed by atoms with E-state index in [-0.39, 0.29) is 0 Å². The lowest BCUT2D eigenvalue weighted by Crippen LogP contribution is -2.10. The highest BCUT2D eigenvalue weighted by Crippen LogP contribution is 2.26. The normalized spacial score (nSPS) is 10.4. The van der Waals surface area contributed by atoms with Crippen LogP contribution < -0.4 is 0 Å². The van der Waals surface area contributed by atoms with E-state index < -0.39 is 0 Å². The minimum atomic E-state index is 0.808. The molecule has 0 amide bonds. The molecule has 0 unspecified atom stereocenters. The largest absolute Gasteiger partial charge is 0.462 e. The van der Waals surface area contributed by atoms with E-state index in [0.29, 0.717) is 0 Å². The molecule has 0 aliphatic carbocycles. The lowest BCUT2D eigenvalue weighted by molar-refractivity contribution is 0.517. The number of aliphatic hydroxyl groups excluding tert-OH is 1. The van der Waals surface area contributed by atoms with Crippen LogP contribution in [0.1, 0.15) is 54.4 Å². The molecular formula is C19H24N2O. The number of aromatic nitrogens is 2. The smallest absolute Gasteiger partial charge is 0.113 e. The Kier molecular flexibility index (Phi) is 5.27. The lowest BCUT2D eigenvalue weighted by atomic mass is 9.88. The monoisotopic (exact) mass is 296 g/mol. The third kappa shape index (κ3) is 3.01. The van der Waals surface area contributed by atoms with Gasteiger partial charge in [0.05, 0.1) is 0 Å². The van der Waals surface area contributed by atoms with Gasteiger partial charge in [0.2, 0.25) is 0 Å². The highest BCUT2D eigenvalue weighted by Gasteiger charge is 2.15. The third-order valence-electron chi connectivity index (χ3n) is 4.27. The van der Waals surface area contributed by atoms with E-state index in [0.717, 1.165) is 37.2 Å². The van der Waals surface area contributed by atoms with Gasteiger partial charge in [0.25, 0.3) is 0 Å². The van der Waals surface area contributed by atoms with Gasteiger partial charge in [-0.2, -0.15) is 0 Å². The Hall–Kier alpha value is -2.21. The second-order valence-electron chi connectivity index (χ2n) is 5.43. The van der Waals surface area contributed by atoms with Gasteiger partial charge in [0.1, 0.15) is 11.9 Å². The van der Waals surface area contributed by atoms with Crippen LogP contribution in [0.3, 0.4) is 0 Å². The minimum Gasteiger partial charge on any atom is -0.462 e. The molecule has 2 aromatic rings. The van der Waals surface area contributed by atoms with Crippen LogP contribution in [-0.2, 0) is 25.8 Å². The summed E-state index contributed by atoms with van der Waals surface area (Å²) in [6.45, 7) is 9.31. The van der Waals surface area contributed by atoms with Crippen molar-refractivity contribution in [2.45, 2.75) is 53.5 Å². The molecule has 0 saturated heterocycles. The Labute approximate surface area is 133 Å². The maximum absolute atomic E-state index is 9.10. The van der Waals surface area contributed by atoms with E-state index in [4.69, 9.17) is 5.11 Å². The van der Waals surface area contributed by atoms with Gasteiger partial charge in [0.15, 0.2) is 0 Å². The minimum absolute atomic E-state index is 0.808. The zero-order valence-corrected chi connectivity index (χ0v) is 13.9. The second-order valence-corrected chi connectivity index (χ2v) is 5.43. The van der Waals surface area contributed by atoms with Gasteiger partial charge in [-0.25, -0.2) is 4.98 Å². The molecule has 2 rings (SSSR count). The highest BCUT2D eigenvalue weighted by molar-refractivity contribution is 5.54. The van der Waals surface area contributed by atoms with Gasteiger partial charge in [-0.3, -0.25) is 0 Å². The number of hydrogen-bond acceptors (Lipinski definition) is 2. The van der Waals surface area contributed by atoms with Crippen molar-refractivity contribution < 1.29 is 5.11 Å². The average Bonchev–Trinajstić information content (AvgIpc) is 2.93. The summed E-state index contributed by atoms with van der Waals surface area (Å²) in [5.74, 6) is 3.93.